The molecule has 380 valence electrons. The predicted octanol–water partition coefficient (Wildman–Crippen LogP) is 16.2. The van der Waals surface area contributed by atoms with Crippen molar-refractivity contribution in [2.45, 2.75) is 78.6 Å². The van der Waals surface area contributed by atoms with E-state index in [2.05, 4.69) is 241 Å². The predicted molar refractivity (Wildman–Crippen MR) is 316 cm³/mol. The molecule has 4 aliphatic rings. The second kappa shape index (κ2) is 17.0. The molecule has 0 saturated heterocycles. The van der Waals surface area contributed by atoms with Crippen molar-refractivity contribution >= 4 is 96.0 Å². The van der Waals surface area contributed by atoms with Crippen LogP contribution in [0, 0.1) is 0 Å². The van der Waals surface area contributed by atoms with E-state index in [9.17, 15) is 0 Å². The smallest absolute Gasteiger partial charge is 0.252 e. The minimum Gasteiger partial charge on any atom is -0.456 e. The summed E-state index contributed by atoms with van der Waals surface area (Å²) < 4.78 is 31.3. The number of hydrogen-bond donors (Lipinski definition) is 0. The summed E-state index contributed by atoms with van der Waals surface area (Å²) in [5.41, 5.74) is 18.3. The van der Waals surface area contributed by atoms with E-state index in [0.717, 1.165) is 118 Å². The number of ether oxygens (including phenoxy) is 4. The molecule has 0 saturated carbocycles. The number of benzene rings is 9. The molecule has 0 unspecified atom stereocenters. The molecule has 5 heterocycles. The first kappa shape index (κ1) is 46.9. The fraction of sp³-hybridized carbons (Fsp3) is 0.206. The molecule has 10 aromatic rings. The highest BCUT2D eigenvalue weighted by Crippen LogP contribution is 2.52. The number of para-hydroxylation sites is 1. The monoisotopic (exact) mass is 1010 g/mol. The Bertz CT molecular complexity index is 3830. The Morgan fingerprint density at radius 3 is 1.39 bits per heavy atom. The van der Waals surface area contributed by atoms with E-state index in [4.69, 9.17) is 23.4 Å². The first-order valence-electron chi connectivity index (χ1n) is 26.8. The van der Waals surface area contributed by atoms with Gasteiger partial charge in [0.2, 0.25) is 13.6 Å². The van der Waals surface area contributed by atoms with Crippen LogP contribution in [0.4, 0.5) is 51.2 Å². The van der Waals surface area contributed by atoms with Gasteiger partial charge >= 0.3 is 0 Å². The van der Waals surface area contributed by atoms with Crippen molar-refractivity contribution in [3.63, 3.8) is 0 Å². The second-order valence-corrected chi connectivity index (χ2v) is 24.2. The van der Waals surface area contributed by atoms with Crippen LogP contribution in [-0.4, -0.2) is 20.3 Å². The number of anilines is 9. The highest BCUT2D eigenvalue weighted by atomic mass is 16.7. The fourth-order valence-corrected chi connectivity index (χ4v) is 11.9. The van der Waals surface area contributed by atoms with Crippen LogP contribution in [0.1, 0.15) is 79.0 Å². The first-order valence-corrected chi connectivity index (χ1v) is 26.8. The van der Waals surface area contributed by atoms with E-state index in [-0.39, 0.29) is 36.5 Å². The maximum atomic E-state index is 6.36. The van der Waals surface area contributed by atoms with E-state index in [1.54, 1.807) is 0 Å². The third-order valence-corrected chi connectivity index (χ3v) is 16.1. The Balaban J connectivity index is 1.05. The number of nitrogens with zero attached hydrogens (tertiary/aromatic N) is 3. The zero-order chi connectivity index (χ0) is 52.7. The summed E-state index contributed by atoms with van der Waals surface area (Å²) in [5.74, 6) is 3.78. The summed E-state index contributed by atoms with van der Waals surface area (Å²) in [6.07, 6.45) is 0. The van der Waals surface area contributed by atoms with E-state index in [1.165, 1.54) is 22.2 Å². The average molecular weight is 1010 g/mol. The van der Waals surface area contributed by atoms with Crippen LogP contribution in [0.2, 0.25) is 0 Å². The number of rotatable bonds is 6. The molecule has 8 nitrogen and oxygen atoms in total. The molecule has 4 aliphatic heterocycles. The molecule has 14 rings (SSSR count). The lowest BCUT2D eigenvalue weighted by molar-refractivity contribution is 0.173. The molecule has 0 bridgehead atoms. The lowest BCUT2D eigenvalue weighted by atomic mass is 9.33. The van der Waals surface area contributed by atoms with Gasteiger partial charge in [0.05, 0.1) is 5.69 Å². The van der Waals surface area contributed by atoms with Gasteiger partial charge in [-0.15, -0.1) is 0 Å². The van der Waals surface area contributed by atoms with Gasteiger partial charge in [0.1, 0.15) is 11.3 Å². The van der Waals surface area contributed by atoms with Gasteiger partial charge in [0.25, 0.3) is 6.71 Å². The van der Waals surface area contributed by atoms with Gasteiger partial charge in [0.15, 0.2) is 23.0 Å². The Hall–Kier alpha value is -8.56. The molecule has 1 aromatic heterocycles. The zero-order valence-electron chi connectivity index (χ0n) is 45.1. The molecule has 9 aromatic carbocycles. The highest BCUT2D eigenvalue weighted by Gasteiger charge is 2.46. The number of fused-ring (bicyclic) bond motifs is 8. The molecule has 0 N–H and O–H groups in total. The molecule has 0 spiro atoms. The van der Waals surface area contributed by atoms with Gasteiger partial charge in [-0.2, -0.15) is 0 Å². The molecule has 0 amide bonds. The summed E-state index contributed by atoms with van der Waals surface area (Å²) in [6, 6.07) is 64.7. The Morgan fingerprint density at radius 2 is 0.870 bits per heavy atom. The molecule has 9 heteroatoms. The lowest BCUT2D eigenvalue weighted by Crippen LogP contribution is -2.61. The van der Waals surface area contributed by atoms with Crippen molar-refractivity contribution in [3.05, 3.63) is 193 Å². The summed E-state index contributed by atoms with van der Waals surface area (Å²) in [4.78, 5) is 7.32. The van der Waals surface area contributed by atoms with Gasteiger partial charge in [-0.1, -0.05) is 135 Å². The van der Waals surface area contributed by atoms with E-state index >= 15 is 0 Å². The van der Waals surface area contributed by atoms with Crippen LogP contribution >= 0.6 is 0 Å². The van der Waals surface area contributed by atoms with Crippen LogP contribution in [-0.2, 0) is 16.2 Å². The first-order chi connectivity index (χ1) is 37.0. The van der Waals surface area contributed by atoms with Gasteiger partial charge in [0, 0.05) is 68.6 Å². The molecule has 0 radical (unpaired) electrons. The van der Waals surface area contributed by atoms with Crippen LogP contribution in [0.25, 0.3) is 33.1 Å². The fourth-order valence-electron chi connectivity index (χ4n) is 11.9. The molecular weight excluding hydrogens is 950 g/mol. The second-order valence-electron chi connectivity index (χ2n) is 24.2. The summed E-state index contributed by atoms with van der Waals surface area (Å²) in [6.45, 7) is 20.5. The van der Waals surface area contributed by atoms with Crippen LogP contribution < -0.4 is 50.0 Å². The highest BCUT2D eigenvalue weighted by molar-refractivity contribution is 7.00. The molecule has 0 atom stereocenters. The molecule has 77 heavy (non-hydrogen) atoms. The zero-order valence-corrected chi connectivity index (χ0v) is 45.1. The SMILES string of the molecule is CC(C)(C)c1ccc(N(c2cc3c4c(c2)N(c2ccc(C(C)(C)C)cc2)c2cc5c(cc2B4c2cc4c(cc2N3c2ccc(C(C)(C)C)cc2)OCO4)OCO5)c2ccc3cc(-c4cc5ccccc5o4)ccc3c2)cc1. The van der Waals surface area contributed by atoms with Crippen molar-refractivity contribution in [1.29, 1.82) is 0 Å². The summed E-state index contributed by atoms with van der Waals surface area (Å²) in [7, 11) is 0. The topological polar surface area (TPSA) is 59.8 Å². The third kappa shape index (κ3) is 7.80. The minimum absolute atomic E-state index is 0.0361. The van der Waals surface area contributed by atoms with Gasteiger partial charge in [-0.05, 0) is 151 Å². The van der Waals surface area contributed by atoms with Gasteiger partial charge in [-0.25, -0.2) is 0 Å². The van der Waals surface area contributed by atoms with Crippen molar-refractivity contribution < 1.29 is 23.4 Å². The largest absolute Gasteiger partial charge is 0.456 e. The average Bonchev–Trinajstić information content (AvgIpc) is 4.27. The minimum atomic E-state index is -0.223. The molecule has 0 fully saturated rings. The van der Waals surface area contributed by atoms with E-state index in [0.29, 0.717) is 0 Å². The van der Waals surface area contributed by atoms with Gasteiger partial charge < -0.3 is 38.1 Å². The van der Waals surface area contributed by atoms with Crippen molar-refractivity contribution in [1.82, 2.24) is 0 Å². The van der Waals surface area contributed by atoms with Crippen molar-refractivity contribution in [3.8, 4) is 34.3 Å². The Morgan fingerprint density at radius 1 is 0.403 bits per heavy atom. The van der Waals surface area contributed by atoms with Gasteiger partial charge in [-0.3, -0.25) is 0 Å². The standard InChI is InChI=1S/C68H60BN3O5/c1-66(2,3)45-17-24-48(25-18-45)70(51-23-16-41-30-44(15-14-42(41)31-51)60-32-43-12-10-11-13-59(43)77-60)52-33-57-65-58(34-52)72(50-28-21-47(22-29-50)68(7,8)9)56-38-64-62(74-40-76-64)36-54(56)69(65)53-35-61-63(75-39-73-61)37-55(53)71(57)49-26-19-46(20-27-49)67(4,5)6/h10-38H,39-40H2,1-9H3. The van der Waals surface area contributed by atoms with E-state index in [1.807, 2.05) is 12.1 Å². The Labute approximate surface area is 451 Å². The summed E-state index contributed by atoms with van der Waals surface area (Å²) in [5, 5.41) is 3.33. The quantitative estimate of drug-likeness (QED) is 0.153. The van der Waals surface area contributed by atoms with Crippen molar-refractivity contribution in [2.75, 3.05) is 28.3 Å². The van der Waals surface area contributed by atoms with Crippen molar-refractivity contribution in [2.24, 2.45) is 0 Å². The normalized spacial score (nSPS) is 14.3. The molecule has 0 aliphatic carbocycles. The number of furan rings is 1. The summed E-state index contributed by atoms with van der Waals surface area (Å²) >= 11 is 0. The maximum Gasteiger partial charge on any atom is 0.252 e. The van der Waals surface area contributed by atoms with Crippen LogP contribution in [0.15, 0.2) is 180 Å². The van der Waals surface area contributed by atoms with Crippen LogP contribution in [0.3, 0.4) is 0 Å². The third-order valence-electron chi connectivity index (χ3n) is 16.1. The number of hydrogen-bond acceptors (Lipinski definition) is 8. The lowest BCUT2D eigenvalue weighted by Gasteiger charge is -2.45. The Kier molecular flexibility index (Phi) is 10.3. The maximum absolute atomic E-state index is 6.36. The van der Waals surface area contributed by atoms with E-state index < -0.39 is 0 Å². The van der Waals surface area contributed by atoms with Crippen LogP contribution in [0.5, 0.6) is 23.0 Å². The molecular formula is C68H60BN3O5.